The molecule has 2 saturated heterocycles. The van der Waals surface area contributed by atoms with Gasteiger partial charge in [-0.05, 0) is 20.8 Å². The average molecular weight is 202 g/mol. The number of ether oxygens (including phenoxy) is 3. The highest BCUT2D eigenvalue weighted by atomic mass is 16.8. The quantitative estimate of drug-likeness (QED) is 0.638. The molecule has 0 amide bonds. The van der Waals surface area contributed by atoms with E-state index in [9.17, 15) is 9.90 Å². The van der Waals surface area contributed by atoms with Crippen LogP contribution in [0.1, 0.15) is 20.8 Å². The van der Waals surface area contributed by atoms with Gasteiger partial charge < -0.3 is 19.3 Å². The molecule has 0 radical (unpaired) electrons. The van der Waals surface area contributed by atoms with Crippen LogP contribution in [-0.2, 0) is 19.0 Å². The van der Waals surface area contributed by atoms with E-state index in [-0.39, 0.29) is 5.78 Å². The van der Waals surface area contributed by atoms with Crippen LogP contribution < -0.4 is 0 Å². The smallest absolute Gasteiger partial charge is 0.190 e. The Labute approximate surface area is 81.9 Å². The number of rotatable bonds is 1. The van der Waals surface area contributed by atoms with Crippen LogP contribution in [0.3, 0.4) is 0 Å². The number of carbonyl (C=O) groups is 1. The lowest BCUT2D eigenvalue weighted by atomic mass is 10.1. The molecular formula is C9H14O5. The lowest BCUT2D eigenvalue weighted by Gasteiger charge is -2.21. The van der Waals surface area contributed by atoms with Gasteiger partial charge in [-0.3, -0.25) is 4.79 Å². The van der Waals surface area contributed by atoms with E-state index in [2.05, 4.69) is 0 Å². The van der Waals surface area contributed by atoms with Crippen molar-refractivity contribution in [2.75, 3.05) is 0 Å². The van der Waals surface area contributed by atoms with Gasteiger partial charge in [-0.2, -0.15) is 0 Å². The monoisotopic (exact) mass is 202 g/mol. The minimum atomic E-state index is -0.931. The molecule has 80 valence electrons. The molecule has 5 nitrogen and oxygen atoms in total. The molecule has 2 aliphatic heterocycles. The van der Waals surface area contributed by atoms with E-state index in [1.54, 1.807) is 13.8 Å². The van der Waals surface area contributed by atoms with E-state index in [1.165, 1.54) is 6.92 Å². The second-order valence-corrected chi connectivity index (χ2v) is 4.13. The van der Waals surface area contributed by atoms with Gasteiger partial charge in [0, 0.05) is 0 Å². The first-order chi connectivity index (χ1) is 6.41. The third kappa shape index (κ3) is 1.46. The molecule has 0 aromatic carbocycles. The summed E-state index contributed by atoms with van der Waals surface area (Å²) in [7, 11) is 0. The first-order valence-electron chi connectivity index (χ1n) is 4.60. The fourth-order valence-electron chi connectivity index (χ4n) is 1.83. The summed E-state index contributed by atoms with van der Waals surface area (Å²) in [5, 5.41) is 9.71. The predicted molar refractivity (Wildman–Crippen MR) is 45.4 cm³/mol. The van der Waals surface area contributed by atoms with Gasteiger partial charge in [0.05, 0.1) is 0 Å². The van der Waals surface area contributed by atoms with Crippen molar-refractivity contribution in [3.05, 3.63) is 0 Å². The Morgan fingerprint density at radius 3 is 2.50 bits per heavy atom. The number of hydrogen-bond acceptors (Lipinski definition) is 5. The highest BCUT2D eigenvalue weighted by Crippen LogP contribution is 2.37. The van der Waals surface area contributed by atoms with Gasteiger partial charge in [-0.25, -0.2) is 0 Å². The number of aliphatic hydroxyl groups is 1. The molecule has 0 bridgehead atoms. The van der Waals surface area contributed by atoms with Gasteiger partial charge in [-0.1, -0.05) is 0 Å². The molecule has 0 aromatic heterocycles. The first kappa shape index (κ1) is 10.0. The maximum Gasteiger partial charge on any atom is 0.190 e. The van der Waals surface area contributed by atoms with Crippen molar-refractivity contribution in [2.24, 2.45) is 0 Å². The summed E-state index contributed by atoms with van der Waals surface area (Å²) in [5.41, 5.74) is 0. The molecule has 0 spiro atoms. The fourth-order valence-corrected chi connectivity index (χ4v) is 1.83. The van der Waals surface area contributed by atoms with Crippen molar-refractivity contribution in [3.8, 4) is 0 Å². The number of Topliss-reactive ketones (excluding diaryl/α,β-unsaturated/α-hetero) is 1. The number of aliphatic hydroxyl groups excluding tert-OH is 1. The highest BCUT2D eigenvalue weighted by Gasteiger charge is 2.55. The molecule has 2 heterocycles. The number of hydrogen-bond donors (Lipinski definition) is 1. The molecular weight excluding hydrogens is 188 g/mol. The number of fused-ring (bicyclic) bond motifs is 1. The molecule has 2 aliphatic rings. The van der Waals surface area contributed by atoms with E-state index >= 15 is 0 Å². The second kappa shape index (κ2) is 3.00. The van der Waals surface area contributed by atoms with Crippen LogP contribution in [0.4, 0.5) is 0 Å². The predicted octanol–water partition coefficient (Wildman–Crippen LogP) is -0.187. The minimum Gasteiger partial charge on any atom is -0.387 e. The zero-order valence-electron chi connectivity index (χ0n) is 8.39. The van der Waals surface area contributed by atoms with E-state index in [0.717, 1.165) is 0 Å². The summed E-state index contributed by atoms with van der Waals surface area (Å²) in [6, 6.07) is 0. The Hall–Kier alpha value is -0.490. The summed E-state index contributed by atoms with van der Waals surface area (Å²) in [6.07, 6.45) is -2.94. The molecule has 0 aliphatic carbocycles. The molecule has 0 saturated carbocycles. The standard InChI is InChI=1S/C9H14O5/c1-4(10)6-5(11)7-8(12-6)14-9(2,3)13-7/h5-8,11H,1-3H3/t5-,6-,7+,8?/m1/s1. The van der Waals surface area contributed by atoms with Gasteiger partial charge >= 0.3 is 0 Å². The highest BCUT2D eigenvalue weighted by molar-refractivity contribution is 5.81. The molecule has 0 aromatic rings. The third-order valence-corrected chi connectivity index (χ3v) is 2.42. The topological polar surface area (TPSA) is 65.0 Å². The maximum absolute atomic E-state index is 11.1. The van der Waals surface area contributed by atoms with Crippen molar-refractivity contribution in [3.63, 3.8) is 0 Å². The molecule has 14 heavy (non-hydrogen) atoms. The zero-order chi connectivity index (χ0) is 10.5. The van der Waals surface area contributed by atoms with E-state index in [1.807, 2.05) is 0 Å². The van der Waals surface area contributed by atoms with Crippen molar-refractivity contribution < 1.29 is 24.1 Å². The molecule has 1 unspecified atom stereocenters. The molecule has 5 heteroatoms. The Morgan fingerprint density at radius 1 is 1.36 bits per heavy atom. The van der Waals surface area contributed by atoms with E-state index in [4.69, 9.17) is 14.2 Å². The van der Waals surface area contributed by atoms with Crippen LogP contribution in [0, 0.1) is 0 Å². The van der Waals surface area contributed by atoms with E-state index in [0.29, 0.717) is 0 Å². The van der Waals surface area contributed by atoms with E-state index < -0.39 is 30.4 Å². The number of ketones is 1. The minimum absolute atomic E-state index is 0.211. The van der Waals surface area contributed by atoms with Gasteiger partial charge in [0.25, 0.3) is 0 Å². The van der Waals surface area contributed by atoms with Gasteiger partial charge in [0.1, 0.15) is 18.3 Å². The van der Waals surface area contributed by atoms with Crippen molar-refractivity contribution in [1.82, 2.24) is 0 Å². The largest absolute Gasteiger partial charge is 0.387 e. The SMILES string of the molecule is CC(=O)[C@H]1OC2OC(C)(C)O[C@H]2[C@@H]1O. The van der Waals surface area contributed by atoms with Gasteiger partial charge in [-0.15, -0.1) is 0 Å². The Kier molecular flexibility index (Phi) is 2.15. The lowest BCUT2D eigenvalue weighted by Crippen LogP contribution is -2.37. The maximum atomic E-state index is 11.1. The summed E-state index contributed by atoms with van der Waals surface area (Å²) in [6.45, 7) is 4.86. The normalized spacial score (nSPS) is 45.1. The van der Waals surface area contributed by atoms with Crippen molar-refractivity contribution in [1.29, 1.82) is 0 Å². The van der Waals surface area contributed by atoms with Gasteiger partial charge in [0.2, 0.25) is 0 Å². The van der Waals surface area contributed by atoms with Gasteiger partial charge in [0.15, 0.2) is 17.9 Å². The third-order valence-electron chi connectivity index (χ3n) is 2.42. The molecule has 4 atom stereocenters. The first-order valence-corrected chi connectivity index (χ1v) is 4.60. The van der Waals surface area contributed by atoms with Crippen molar-refractivity contribution in [2.45, 2.75) is 51.2 Å². The molecule has 2 fully saturated rings. The summed E-state index contributed by atoms with van der Waals surface area (Å²) >= 11 is 0. The Balaban J connectivity index is 2.11. The van der Waals surface area contributed by atoms with Crippen LogP contribution in [0.5, 0.6) is 0 Å². The van der Waals surface area contributed by atoms with Crippen molar-refractivity contribution >= 4 is 5.78 Å². The molecule has 1 N–H and O–H groups in total. The lowest BCUT2D eigenvalue weighted by molar-refractivity contribution is -0.214. The average Bonchev–Trinajstić information content (AvgIpc) is 2.46. The van der Waals surface area contributed by atoms with Crippen LogP contribution in [0.2, 0.25) is 0 Å². The fraction of sp³-hybridized carbons (Fsp3) is 0.889. The Morgan fingerprint density at radius 2 is 2.00 bits per heavy atom. The summed E-state index contributed by atoms with van der Waals surface area (Å²) in [4.78, 5) is 11.1. The van der Waals surface area contributed by atoms with Crippen LogP contribution in [0.15, 0.2) is 0 Å². The van der Waals surface area contributed by atoms with Crippen LogP contribution >= 0.6 is 0 Å². The summed E-state index contributed by atoms with van der Waals surface area (Å²) in [5.74, 6) is -0.963. The summed E-state index contributed by atoms with van der Waals surface area (Å²) < 4.78 is 16.0. The number of carbonyl (C=O) groups excluding carboxylic acids is 1. The Bertz CT molecular complexity index is 262. The van der Waals surface area contributed by atoms with Crippen LogP contribution in [0.25, 0.3) is 0 Å². The molecule has 2 rings (SSSR count). The van der Waals surface area contributed by atoms with Crippen LogP contribution in [-0.4, -0.2) is 41.3 Å². The zero-order valence-corrected chi connectivity index (χ0v) is 8.39. The second-order valence-electron chi connectivity index (χ2n) is 4.13.